The van der Waals surface area contributed by atoms with E-state index in [9.17, 15) is 28.3 Å². The van der Waals surface area contributed by atoms with Crippen molar-refractivity contribution in [1.29, 1.82) is 0 Å². The predicted octanol–water partition coefficient (Wildman–Crippen LogP) is 4.32. The van der Waals surface area contributed by atoms with Crippen molar-refractivity contribution in [2.24, 2.45) is 11.8 Å². The van der Waals surface area contributed by atoms with Gasteiger partial charge in [0, 0.05) is 31.6 Å². The molecule has 5 nitrogen and oxygen atoms in total. The van der Waals surface area contributed by atoms with Crippen LogP contribution in [0.5, 0.6) is 0 Å². The molecule has 7 heteroatoms. The van der Waals surface area contributed by atoms with E-state index < -0.39 is 30.2 Å². The molecular formula is C21H32F2O5. The predicted molar refractivity (Wildman–Crippen MR) is 101 cm³/mol. The van der Waals surface area contributed by atoms with Crippen molar-refractivity contribution in [2.45, 2.75) is 89.6 Å². The average Bonchev–Trinajstić information content (AvgIpc) is 2.89. The number of carboxylic acids is 1. The number of alkyl halides is 2. The van der Waals surface area contributed by atoms with Crippen LogP contribution in [-0.2, 0) is 14.4 Å². The third-order valence-electron chi connectivity index (χ3n) is 5.35. The number of carboxylic acid groups (broad SMARTS) is 1. The molecule has 0 radical (unpaired) electrons. The van der Waals surface area contributed by atoms with Crippen molar-refractivity contribution in [2.75, 3.05) is 0 Å². The third kappa shape index (κ3) is 8.17. The second-order valence-electron chi connectivity index (χ2n) is 7.62. The Bertz CT molecular complexity index is 559. The van der Waals surface area contributed by atoms with Crippen LogP contribution in [0.1, 0.15) is 77.6 Å². The summed E-state index contributed by atoms with van der Waals surface area (Å²) in [5.74, 6) is -5.95. The van der Waals surface area contributed by atoms with Gasteiger partial charge in [0.15, 0.2) is 0 Å². The molecule has 1 fully saturated rings. The highest BCUT2D eigenvalue weighted by Crippen LogP contribution is 2.36. The number of carbonyl (C=O) groups excluding carboxylic acids is 2. The molecule has 1 aliphatic carbocycles. The molecule has 1 aliphatic rings. The first-order valence-corrected chi connectivity index (χ1v) is 10.2. The molecule has 0 spiro atoms. The zero-order valence-corrected chi connectivity index (χ0v) is 16.5. The lowest BCUT2D eigenvalue weighted by Gasteiger charge is -2.20. The summed E-state index contributed by atoms with van der Waals surface area (Å²) in [4.78, 5) is 34.3. The lowest BCUT2D eigenvalue weighted by Crippen LogP contribution is -2.29. The van der Waals surface area contributed by atoms with Crippen molar-refractivity contribution in [3.63, 3.8) is 0 Å². The minimum absolute atomic E-state index is 0.0488. The van der Waals surface area contributed by atoms with E-state index in [0.717, 1.165) is 0 Å². The van der Waals surface area contributed by atoms with Crippen molar-refractivity contribution >= 4 is 17.5 Å². The van der Waals surface area contributed by atoms with Crippen molar-refractivity contribution in [3.05, 3.63) is 12.2 Å². The SMILES string of the molecule is CCCCC(F)(F)C(=O)CCC[C@H]1[C@H](O)CC(=O)[C@@H]1CC=CCCCC(=O)O. The number of aliphatic hydroxyl groups excluding tert-OH is 1. The van der Waals surface area contributed by atoms with E-state index in [2.05, 4.69) is 0 Å². The fourth-order valence-corrected chi connectivity index (χ4v) is 3.67. The smallest absolute Gasteiger partial charge is 0.305 e. The van der Waals surface area contributed by atoms with Gasteiger partial charge in [-0.3, -0.25) is 14.4 Å². The minimum atomic E-state index is -3.29. The summed E-state index contributed by atoms with van der Waals surface area (Å²) >= 11 is 0. The molecule has 0 saturated heterocycles. The van der Waals surface area contributed by atoms with Gasteiger partial charge in [0.05, 0.1) is 6.10 Å². The Balaban J connectivity index is 2.46. The van der Waals surface area contributed by atoms with Crippen LogP contribution in [0.15, 0.2) is 12.2 Å². The van der Waals surface area contributed by atoms with E-state index in [1.165, 1.54) is 0 Å². The van der Waals surface area contributed by atoms with Crippen LogP contribution in [0.25, 0.3) is 0 Å². The molecule has 0 aromatic heterocycles. The van der Waals surface area contributed by atoms with Gasteiger partial charge < -0.3 is 10.2 Å². The van der Waals surface area contributed by atoms with Crippen LogP contribution in [0.3, 0.4) is 0 Å². The Morgan fingerprint density at radius 2 is 1.89 bits per heavy atom. The molecule has 1 saturated carbocycles. The van der Waals surface area contributed by atoms with Gasteiger partial charge in [0.25, 0.3) is 0 Å². The van der Waals surface area contributed by atoms with Gasteiger partial charge in [0.1, 0.15) is 5.78 Å². The highest BCUT2D eigenvalue weighted by molar-refractivity contribution is 5.85. The van der Waals surface area contributed by atoms with Crippen LogP contribution in [0, 0.1) is 11.8 Å². The van der Waals surface area contributed by atoms with Gasteiger partial charge in [-0.1, -0.05) is 25.5 Å². The van der Waals surface area contributed by atoms with Gasteiger partial charge in [-0.25, -0.2) is 0 Å². The molecule has 0 aromatic carbocycles. The molecular weight excluding hydrogens is 370 g/mol. The van der Waals surface area contributed by atoms with Crippen molar-refractivity contribution < 1.29 is 33.4 Å². The summed E-state index contributed by atoms with van der Waals surface area (Å²) in [6.45, 7) is 1.79. The van der Waals surface area contributed by atoms with Gasteiger partial charge in [-0.15, -0.1) is 0 Å². The number of hydrogen-bond acceptors (Lipinski definition) is 4. The highest BCUT2D eigenvalue weighted by atomic mass is 19.3. The third-order valence-corrected chi connectivity index (χ3v) is 5.35. The van der Waals surface area contributed by atoms with E-state index >= 15 is 0 Å². The first kappa shape index (κ1) is 24.4. The van der Waals surface area contributed by atoms with Crippen LogP contribution >= 0.6 is 0 Å². The molecule has 0 amide bonds. The van der Waals surface area contributed by atoms with Gasteiger partial charge >= 0.3 is 11.9 Å². The fourth-order valence-electron chi connectivity index (χ4n) is 3.67. The number of unbranched alkanes of at least 4 members (excludes halogenated alkanes) is 2. The van der Waals surface area contributed by atoms with E-state index in [-0.39, 0.29) is 43.3 Å². The maximum Gasteiger partial charge on any atom is 0.305 e. The molecule has 160 valence electrons. The summed E-state index contributed by atoms with van der Waals surface area (Å²) in [5, 5.41) is 18.7. The normalized spacial score (nSPS) is 22.9. The molecule has 0 heterocycles. The topological polar surface area (TPSA) is 91.7 Å². The highest BCUT2D eigenvalue weighted by Gasteiger charge is 2.41. The standard InChI is InChI=1S/C21H32F2O5/c1-2-3-13-21(22,23)19(26)11-8-10-16-15(17(24)14-18(16)25)9-6-4-5-7-12-20(27)28/h4,6,15-16,18,25H,2-3,5,7-14H2,1H3,(H,27,28)/t15-,16-,18-/m1/s1. The quantitative estimate of drug-likeness (QED) is 0.333. The lowest BCUT2D eigenvalue weighted by molar-refractivity contribution is -0.144. The van der Waals surface area contributed by atoms with Crippen molar-refractivity contribution in [3.8, 4) is 0 Å². The summed E-state index contributed by atoms with van der Waals surface area (Å²) in [7, 11) is 0. The number of Topliss-reactive ketones (excluding diaryl/α,β-unsaturated/α-hetero) is 2. The number of aliphatic carboxylic acids is 1. The first-order valence-electron chi connectivity index (χ1n) is 10.2. The van der Waals surface area contributed by atoms with E-state index in [4.69, 9.17) is 5.11 Å². The molecule has 0 bridgehead atoms. The summed E-state index contributed by atoms with van der Waals surface area (Å²) in [5.41, 5.74) is 0. The number of hydrogen-bond donors (Lipinski definition) is 2. The van der Waals surface area contributed by atoms with Crippen LogP contribution in [0.4, 0.5) is 8.78 Å². The maximum absolute atomic E-state index is 13.7. The number of aliphatic hydroxyl groups is 1. The van der Waals surface area contributed by atoms with E-state index in [1.807, 2.05) is 12.2 Å². The Hall–Kier alpha value is -1.63. The van der Waals surface area contributed by atoms with Crippen molar-refractivity contribution in [1.82, 2.24) is 0 Å². The molecule has 0 aromatic rings. The second-order valence-corrected chi connectivity index (χ2v) is 7.62. The number of rotatable bonds is 14. The first-order chi connectivity index (χ1) is 13.2. The molecule has 0 aliphatic heterocycles. The molecule has 0 unspecified atom stereocenters. The molecule has 28 heavy (non-hydrogen) atoms. The minimum Gasteiger partial charge on any atom is -0.481 e. The largest absolute Gasteiger partial charge is 0.481 e. The van der Waals surface area contributed by atoms with E-state index in [0.29, 0.717) is 38.5 Å². The summed E-state index contributed by atoms with van der Waals surface area (Å²) in [6.07, 6.45) is 5.38. The van der Waals surface area contributed by atoms with Crippen LogP contribution in [0.2, 0.25) is 0 Å². The Morgan fingerprint density at radius 3 is 2.54 bits per heavy atom. The number of carbonyl (C=O) groups is 3. The molecule has 1 rings (SSSR count). The zero-order valence-electron chi connectivity index (χ0n) is 16.5. The summed E-state index contributed by atoms with van der Waals surface area (Å²) in [6, 6.07) is 0. The second kappa shape index (κ2) is 12.0. The Labute approximate surface area is 165 Å². The monoisotopic (exact) mass is 402 g/mol. The Kier molecular flexibility index (Phi) is 10.5. The lowest BCUT2D eigenvalue weighted by atomic mass is 9.86. The number of ketones is 2. The fraction of sp³-hybridized carbons (Fsp3) is 0.762. The zero-order chi connectivity index (χ0) is 21.2. The number of allylic oxidation sites excluding steroid dienone is 2. The van der Waals surface area contributed by atoms with Crippen LogP contribution < -0.4 is 0 Å². The average molecular weight is 402 g/mol. The summed E-state index contributed by atoms with van der Waals surface area (Å²) < 4.78 is 27.5. The van der Waals surface area contributed by atoms with Crippen LogP contribution in [-0.4, -0.2) is 39.8 Å². The Morgan fingerprint density at radius 1 is 1.18 bits per heavy atom. The molecule has 2 N–H and O–H groups in total. The maximum atomic E-state index is 13.7. The van der Waals surface area contributed by atoms with Gasteiger partial charge in [-0.2, -0.15) is 8.78 Å². The van der Waals surface area contributed by atoms with E-state index in [1.54, 1.807) is 6.92 Å². The molecule has 3 atom stereocenters. The number of halogens is 2. The van der Waals surface area contributed by atoms with Gasteiger partial charge in [0.2, 0.25) is 5.78 Å². The van der Waals surface area contributed by atoms with Gasteiger partial charge in [-0.05, 0) is 44.4 Å².